The molecule has 0 bridgehead atoms. The number of Topliss-reactive ketones (excluding diaryl/α,β-unsaturated/α-hetero) is 1. The Kier molecular flexibility index (Phi) is 5.54. The van der Waals surface area contributed by atoms with E-state index in [2.05, 4.69) is 19.9 Å². The minimum Gasteiger partial charge on any atom is -0.370 e. The van der Waals surface area contributed by atoms with Gasteiger partial charge >= 0.3 is 0 Å². The van der Waals surface area contributed by atoms with E-state index in [1.807, 2.05) is 26.8 Å². The van der Waals surface area contributed by atoms with Crippen LogP contribution in [0.15, 0.2) is 12.1 Å². The van der Waals surface area contributed by atoms with Crippen molar-refractivity contribution >= 4 is 5.78 Å². The Labute approximate surface area is 110 Å². The zero-order valence-electron chi connectivity index (χ0n) is 12.2. The van der Waals surface area contributed by atoms with E-state index >= 15 is 0 Å². The van der Waals surface area contributed by atoms with Gasteiger partial charge in [0.1, 0.15) is 6.61 Å². The number of hydrogen-bond donors (Lipinski definition) is 0. The Hall–Kier alpha value is -1.15. The standard InChI is InChI=1S/C16H24O2/c1-6-7-14(5)18-10-16(17)15-9-12(3)11(2)8-13(15)4/h8-9,14H,6-7,10H2,1-5H3. The molecule has 0 heterocycles. The van der Waals surface area contributed by atoms with E-state index in [-0.39, 0.29) is 18.5 Å². The molecule has 0 amide bonds. The Morgan fingerprint density at radius 2 is 1.78 bits per heavy atom. The smallest absolute Gasteiger partial charge is 0.188 e. The first-order valence-corrected chi connectivity index (χ1v) is 6.68. The van der Waals surface area contributed by atoms with Gasteiger partial charge in [-0.05, 0) is 56.9 Å². The maximum Gasteiger partial charge on any atom is 0.188 e. The minimum atomic E-state index is 0.0820. The Balaban J connectivity index is 2.70. The molecular weight excluding hydrogens is 224 g/mol. The van der Waals surface area contributed by atoms with Crippen LogP contribution in [0, 0.1) is 20.8 Å². The summed E-state index contributed by atoms with van der Waals surface area (Å²) in [4.78, 5) is 12.1. The number of hydrogen-bond acceptors (Lipinski definition) is 2. The molecule has 1 unspecified atom stereocenters. The van der Waals surface area contributed by atoms with Gasteiger partial charge in [0.15, 0.2) is 5.78 Å². The molecule has 1 aromatic carbocycles. The fraction of sp³-hybridized carbons (Fsp3) is 0.562. The number of benzene rings is 1. The molecule has 0 aromatic heterocycles. The lowest BCUT2D eigenvalue weighted by Gasteiger charge is -2.13. The monoisotopic (exact) mass is 248 g/mol. The molecule has 0 spiro atoms. The van der Waals surface area contributed by atoms with E-state index in [4.69, 9.17) is 4.74 Å². The summed E-state index contributed by atoms with van der Waals surface area (Å²) in [5.41, 5.74) is 4.21. The van der Waals surface area contributed by atoms with E-state index in [0.717, 1.165) is 29.5 Å². The predicted octanol–water partition coefficient (Wildman–Crippen LogP) is 4.00. The first kappa shape index (κ1) is 14.9. The second-order valence-electron chi connectivity index (χ2n) is 5.08. The fourth-order valence-electron chi connectivity index (χ4n) is 2.05. The summed E-state index contributed by atoms with van der Waals surface area (Å²) >= 11 is 0. The van der Waals surface area contributed by atoms with Gasteiger partial charge in [-0.15, -0.1) is 0 Å². The molecule has 0 aliphatic heterocycles. The number of rotatable bonds is 6. The van der Waals surface area contributed by atoms with Crippen LogP contribution >= 0.6 is 0 Å². The van der Waals surface area contributed by atoms with Gasteiger partial charge in [0.2, 0.25) is 0 Å². The molecule has 0 aliphatic carbocycles. The van der Waals surface area contributed by atoms with E-state index < -0.39 is 0 Å². The van der Waals surface area contributed by atoms with Crippen molar-refractivity contribution in [1.29, 1.82) is 0 Å². The van der Waals surface area contributed by atoms with E-state index in [1.165, 1.54) is 5.56 Å². The number of ketones is 1. The van der Waals surface area contributed by atoms with Crippen molar-refractivity contribution < 1.29 is 9.53 Å². The van der Waals surface area contributed by atoms with Crippen molar-refractivity contribution in [2.24, 2.45) is 0 Å². The predicted molar refractivity (Wildman–Crippen MR) is 75.3 cm³/mol. The quantitative estimate of drug-likeness (QED) is 0.711. The average molecular weight is 248 g/mol. The van der Waals surface area contributed by atoms with Crippen LogP contribution in [0.25, 0.3) is 0 Å². The molecule has 1 atom stereocenters. The largest absolute Gasteiger partial charge is 0.370 e. The molecule has 0 radical (unpaired) electrons. The van der Waals surface area contributed by atoms with Crippen molar-refractivity contribution in [1.82, 2.24) is 0 Å². The van der Waals surface area contributed by atoms with Gasteiger partial charge in [0.25, 0.3) is 0 Å². The summed E-state index contributed by atoms with van der Waals surface area (Å²) in [6.07, 6.45) is 2.24. The molecule has 0 fully saturated rings. The van der Waals surface area contributed by atoms with Gasteiger partial charge in [-0.2, -0.15) is 0 Å². The van der Waals surface area contributed by atoms with E-state index in [0.29, 0.717) is 0 Å². The number of ether oxygens (including phenoxy) is 1. The van der Waals surface area contributed by atoms with E-state index in [1.54, 1.807) is 0 Å². The third-order valence-electron chi connectivity index (χ3n) is 3.34. The van der Waals surface area contributed by atoms with Crippen LogP contribution in [0.2, 0.25) is 0 Å². The van der Waals surface area contributed by atoms with Gasteiger partial charge in [-0.1, -0.05) is 19.4 Å². The van der Waals surface area contributed by atoms with E-state index in [9.17, 15) is 4.79 Å². The summed E-state index contributed by atoms with van der Waals surface area (Å²) in [6, 6.07) is 4.04. The molecular formula is C16H24O2. The number of carbonyl (C=O) groups is 1. The molecule has 2 heteroatoms. The van der Waals surface area contributed by atoms with Gasteiger partial charge in [0.05, 0.1) is 6.10 Å². The SMILES string of the molecule is CCCC(C)OCC(=O)c1cc(C)c(C)cc1C. The number of aryl methyl sites for hydroxylation is 3. The molecule has 0 N–H and O–H groups in total. The molecule has 0 saturated carbocycles. The second-order valence-corrected chi connectivity index (χ2v) is 5.08. The van der Waals surface area contributed by atoms with Gasteiger partial charge in [-0.25, -0.2) is 0 Å². The van der Waals surface area contributed by atoms with Gasteiger partial charge in [-0.3, -0.25) is 4.79 Å². The first-order chi connectivity index (χ1) is 8.45. The number of carbonyl (C=O) groups excluding carboxylic acids is 1. The minimum absolute atomic E-state index is 0.0820. The summed E-state index contributed by atoms with van der Waals surface area (Å²) in [5.74, 6) is 0.0820. The summed E-state index contributed by atoms with van der Waals surface area (Å²) < 4.78 is 5.57. The molecule has 2 nitrogen and oxygen atoms in total. The maximum absolute atomic E-state index is 12.1. The van der Waals surface area contributed by atoms with Crippen molar-refractivity contribution in [3.63, 3.8) is 0 Å². The van der Waals surface area contributed by atoms with Gasteiger partial charge < -0.3 is 4.74 Å². The topological polar surface area (TPSA) is 26.3 Å². The van der Waals surface area contributed by atoms with Crippen molar-refractivity contribution in [3.8, 4) is 0 Å². The van der Waals surface area contributed by atoms with Crippen LogP contribution in [-0.2, 0) is 4.74 Å². The summed E-state index contributed by atoms with van der Waals surface area (Å²) in [7, 11) is 0. The zero-order chi connectivity index (χ0) is 13.7. The van der Waals surface area contributed by atoms with Crippen molar-refractivity contribution in [2.45, 2.75) is 53.6 Å². The van der Waals surface area contributed by atoms with Crippen molar-refractivity contribution in [2.75, 3.05) is 6.61 Å². The highest BCUT2D eigenvalue weighted by Gasteiger charge is 2.12. The lowest BCUT2D eigenvalue weighted by molar-refractivity contribution is 0.0490. The lowest BCUT2D eigenvalue weighted by atomic mass is 9.98. The van der Waals surface area contributed by atoms with Crippen LogP contribution in [0.3, 0.4) is 0 Å². The Bertz CT molecular complexity index is 421. The molecule has 18 heavy (non-hydrogen) atoms. The third-order valence-corrected chi connectivity index (χ3v) is 3.34. The highest BCUT2D eigenvalue weighted by molar-refractivity contribution is 5.98. The molecule has 0 aliphatic rings. The Morgan fingerprint density at radius 3 is 2.39 bits per heavy atom. The highest BCUT2D eigenvalue weighted by Crippen LogP contribution is 2.16. The molecule has 1 aromatic rings. The maximum atomic E-state index is 12.1. The summed E-state index contributed by atoms with van der Waals surface area (Å²) in [5, 5.41) is 0. The van der Waals surface area contributed by atoms with Crippen LogP contribution in [-0.4, -0.2) is 18.5 Å². The zero-order valence-corrected chi connectivity index (χ0v) is 12.2. The Morgan fingerprint density at radius 1 is 1.17 bits per heavy atom. The third kappa shape index (κ3) is 3.95. The molecule has 100 valence electrons. The molecule has 0 saturated heterocycles. The van der Waals surface area contributed by atoms with Crippen LogP contribution < -0.4 is 0 Å². The molecule has 1 rings (SSSR count). The second kappa shape index (κ2) is 6.69. The first-order valence-electron chi connectivity index (χ1n) is 6.68. The lowest BCUT2D eigenvalue weighted by Crippen LogP contribution is -2.16. The van der Waals surface area contributed by atoms with Crippen LogP contribution in [0.1, 0.15) is 53.7 Å². The van der Waals surface area contributed by atoms with Crippen LogP contribution in [0.4, 0.5) is 0 Å². The van der Waals surface area contributed by atoms with Crippen LogP contribution in [0.5, 0.6) is 0 Å². The normalized spacial score (nSPS) is 12.5. The van der Waals surface area contributed by atoms with Crippen molar-refractivity contribution in [3.05, 3.63) is 34.4 Å². The van der Waals surface area contributed by atoms with Gasteiger partial charge in [0, 0.05) is 5.56 Å². The highest BCUT2D eigenvalue weighted by atomic mass is 16.5. The summed E-state index contributed by atoms with van der Waals surface area (Å²) in [6.45, 7) is 10.4. The average Bonchev–Trinajstić information content (AvgIpc) is 2.31. The fourth-order valence-corrected chi connectivity index (χ4v) is 2.05.